The minimum absolute atomic E-state index is 0.00949. The quantitative estimate of drug-likeness (QED) is 0.371. The zero-order chi connectivity index (χ0) is 21.7. The molecule has 0 spiro atoms. The lowest BCUT2D eigenvalue weighted by atomic mass is 10.1. The molecule has 0 aliphatic carbocycles. The number of carbonyl (C=O) groups excluding carboxylic acids is 2. The van der Waals surface area contributed by atoms with E-state index in [-0.39, 0.29) is 27.7 Å². The van der Waals surface area contributed by atoms with Gasteiger partial charge in [0.05, 0.1) is 10.2 Å². The summed E-state index contributed by atoms with van der Waals surface area (Å²) in [5, 5.41) is 12.5. The molecule has 0 saturated carbocycles. The van der Waals surface area contributed by atoms with Crippen molar-refractivity contribution in [2.75, 3.05) is 5.32 Å². The van der Waals surface area contributed by atoms with Gasteiger partial charge in [-0.05, 0) is 62.1 Å². The fourth-order valence-corrected chi connectivity index (χ4v) is 2.73. The fraction of sp³-hybridized carbons (Fsp3) is 0.105. The molecule has 11 heteroatoms. The van der Waals surface area contributed by atoms with E-state index in [0.717, 1.165) is 5.56 Å². The van der Waals surface area contributed by atoms with E-state index < -0.39 is 11.7 Å². The van der Waals surface area contributed by atoms with E-state index in [1.54, 1.807) is 24.3 Å². The standard InChI is InChI=1S/C19H16BrFN6O3/c1-10(28)23-9-11-2-4-12(5-3-11)19(29)25-18-16(26-30-27-18)17(22)24-13-6-7-15(21)14(20)8-13/h2-8H,9H2,1H3,(H2,22,24)(H,23,28)(H,25,27,29). The highest BCUT2D eigenvalue weighted by Crippen LogP contribution is 2.23. The second kappa shape index (κ2) is 9.27. The molecule has 2 amide bonds. The van der Waals surface area contributed by atoms with E-state index in [2.05, 4.69) is 46.5 Å². The lowest BCUT2D eigenvalue weighted by molar-refractivity contribution is -0.119. The number of hydrogen-bond donors (Lipinski definition) is 3. The predicted octanol–water partition coefficient (Wildman–Crippen LogP) is 2.90. The van der Waals surface area contributed by atoms with E-state index in [1.807, 2.05) is 0 Å². The Balaban J connectivity index is 1.73. The number of aromatic nitrogens is 2. The van der Waals surface area contributed by atoms with E-state index in [9.17, 15) is 14.0 Å². The summed E-state index contributed by atoms with van der Waals surface area (Å²) in [7, 11) is 0. The number of rotatable bonds is 6. The molecule has 0 radical (unpaired) electrons. The Kier molecular flexibility index (Phi) is 6.52. The summed E-state index contributed by atoms with van der Waals surface area (Å²) in [6.07, 6.45) is 0. The molecule has 154 valence electrons. The second-order valence-electron chi connectivity index (χ2n) is 6.12. The summed E-state index contributed by atoms with van der Waals surface area (Å²) in [6.45, 7) is 1.79. The Morgan fingerprint density at radius 1 is 1.20 bits per heavy atom. The third kappa shape index (κ3) is 5.26. The Morgan fingerprint density at radius 3 is 2.60 bits per heavy atom. The monoisotopic (exact) mass is 474 g/mol. The number of anilines is 1. The van der Waals surface area contributed by atoms with Gasteiger partial charge in [0, 0.05) is 19.0 Å². The number of carbonyl (C=O) groups is 2. The van der Waals surface area contributed by atoms with Gasteiger partial charge >= 0.3 is 0 Å². The highest BCUT2D eigenvalue weighted by molar-refractivity contribution is 9.10. The summed E-state index contributed by atoms with van der Waals surface area (Å²) >= 11 is 3.07. The normalized spacial score (nSPS) is 11.2. The molecule has 0 atom stereocenters. The molecule has 0 bridgehead atoms. The smallest absolute Gasteiger partial charge is 0.256 e. The maximum absolute atomic E-state index is 13.4. The Morgan fingerprint density at radius 2 is 1.93 bits per heavy atom. The van der Waals surface area contributed by atoms with Crippen LogP contribution in [0.2, 0.25) is 0 Å². The lowest BCUT2D eigenvalue weighted by Gasteiger charge is -2.06. The van der Waals surface area contributed by atoms with Crippen LogP contribution in [0.25, 0.3) is 0 Å². The molecule has 2 aromatic carbocycles. The maximum Gasteiger partial charge on any atom is 0.256 e. The molecular formula is C19H16BrFN6O3. The molecule has 9 nitrogen and oxygen atoms in total. The SMILES string of the molecule is CC(=O)NCc1ccc(C(=O)Nc2nonc2C(N)=Nc2ccc(F)c(Br)c2)cc1. The van der Waals surface area contributed by atoms with Crippen LogP contribution >= 0.6 is 15.9 Å². The molecule has 0 unspecified atom stereocenters. The molecule has 1 heterocycles. The lowest BCUT2D eigenvalue weighted by Crippen LogP contribution is -2.20. The van der Waals surface area contributed by atoms with E-state index in [4.69, 9.17) is 5.73 Å². The maximum atomic E-state index is 13.4. The molecule has 0 saturated heterocycles. The highest BCUT2D eigenvalue weighted by atomic mass is 79.9. The zero-order valence-corrected chi connectivity index (χ0v) is 17.2. The number of aliphatic imine (C=N–C) groups is 1. The molecule has 0 aliphatic rings. The van der Waals surface area contributed by atoms with E-state index in [0.29, 0.717) is 17.8 Å². The van der Waals surface area contributed by atoms with Gasteiger partial charge in [-0.3, -0.25) is 9.59 Å². The van der Waals surface area contributed by atoms with Gasteiger partial charge in [-0.25, -0.2) is 14.0 Å². The number of nitrogens with one attached hydrogen (secondary N) is 2. The molecule has 0 fully saturated rings. The van der Waals surface area contributed by atoms with Crippen LogP contribution in [0.4, 0.5) is 15.9 Å². The molecule has 0 aliphatic heterocycles. The van der Waals surface area contributed by atoms with Crippen LogP contribution in [0.5, 0.6) is 0 Å². The molecule has 3 aromatic rings. The first-order valence-electron chi connectivity index (χ1n) is 8.60. The highest BCUT2D eigenvalue weighted by Gasteiger charge is 2.18. The Bertz CT molecular complexity index is 1110. The minimum Gasteiger partial charge on any atom is -0.382 e. The van der Waals surface area contributed by atoms with Crippen molar-refractivity contribution < 1.29 is 18.6 Å². The number of amidine groups is 1. The molecule has 30 heavy (non-hydrogen) atoms. The van der Waals surface area contributed by atoms with Crippen molar-refractivity contribution in [2.45, 2.75) is 13.5 Å². The zero-order valence-electron chi connectivity index (χ0n) is 15.6. The first-order chi connectivity index (χ1) is 14.3. The fourth-order valence-electron chi connectivity index (χ4n) is 2.37. The summed E-state index contributed by atoms with van der Waals surface area (Å²) in [5.74, 6) is -1.13. The van der Waals surface area contributed by atoms with Crippen LogP contribution in [0.15, 0.2) is 56.6 Å². The molecule has 3 rings (SSSR count). The summed E-state index contributed by atoms with van der Waals surface area (Å²) < 4.78 is 18.3. The molecule has 1 aromatic heterocycles. The van der Waals surface area contributed by atoms with Gasteiger partial charge < -0.3 is 16.4 Å². The van der Waals surface area contributed by atoms with Crippen molar-refractivity contribution in [3.8, 4) is 0 Å². The van der Waals surface area contributed by atoms with Gasteiger partial charge in [0.2, 0.25) is 11.7 Å². The first kappa shape index (κ1) is 21.1. The summed E-state index contributed by atoms with van der Waals surface area (Å²) in [6, 6.07) is 10.7. The van der Waals surface area contributed by atoms with Crippen LogP contribution in [0.1, 0.15) is 28.5 Å². The first-order valence-corrected chi connectivity index (χ1v) is 9.39. The van der Waals surface area contributed by atoms with Crippen molar-refractivity contribution in [1.82, 2.24) is 15.6 Å². The number of amides is 2. The minimum atomic E-state index is -0.463. The third-order valence-electron chi connectivity index (χ3n) is 3.87. The predicted molar refractivity (Wildman–Crippen MR) is 111 cm³/mol. The molecular weight excluding hydrogens is 459 g/mol. The van der Waals surface area contributed by atoms with Crippen LogP contribution < -0.4 is 16.4 Å². The third-order valence-corrected chi connectivity index (χ3v) is 4.48. The van der Waals surface area contributed by atoms with Gasteiger partial charge in [0.15, 0.2) is 11.5 Å². The number of nitrogens with zero attached hydrogens (tertiary/aromatic N) is 3. The Hall–Kier alpha value is -3.60. The van der Waals surface area contributed by atoms with Gasteiger partial charge in [-0.1, -0.05) is 12.1 Å². The number of nitrogens with two attached hydrogens (primary N) is 1. The van der Waals surface area contributed by atoms with Crippen LogP contribution in [0.3, 0.4) is 0 Å². The number of hydrogen-bond acceptors (Lipinski definition) is 6. The molecule has 4 N–H and O–H groups in total. The Labute approximate surface area is 178 Å². The van der Waals surface area contributed by atoms with E-state index >= 15 is 0 Å². The van der Waals surface area contributed by atoms with Crippen molar-refractivity contribution in [3.05, 3.63) is 69.6 Å². The average Bonchev–Trinajstić information content (AvgIpc) is 3.17. The topological polar surface area (TPSA) is 136 Å². The van der Waals surface area contributed by atoms with Crippen LogP contribution in [-0.2, 0) is 11.3 Å². The number of halogens is 2. The van der Waals surface area contributed by atoms with E-state index in [1.165, 1.54) is 25.1 Å². The van der Waals surface area contributed by atoms with Crippen LogP contribution in [-0.4, -0.2) is 28.0 Å². The second-order valence-corrected chi connectivity index (χ2v) is 6.97. The van der Waals surface area contributed by atoms with Crippen molar-refractivity contribution in [3.63, 3.8) is 0 Å². The summed E-state index contributed by atoms with van der Waals surface area (Å²) in [4.78, 5) is 27.6. The van der Waals surface area contributed by atoms with Gasteiger partial charge in [0.1, 0.15) is 5.82 Å². The largest absolute Gasteiger partial charge is 0.382 e. The van der Waals surface area contributed by atoms with Crippen molar-refractivity contribution in [2.24, 2.45) is 10.7 Å². The van der Waals surface area contributed by atoms with Gasteiger partial charge in [-0.15, -0.1) is 0 Å². The van der Waals surface area contributed by atoms with Crippen molar-refractivity contribution in [1.29, 1.82) is 0 Å². The number of benzene rings is 2. The van der Waals surface area contributed by atoms with Gasteiger partial charge in [-0.2, -0.15) is 0 Å². The van der Waals surface area contributed by atoms with Crippen molar-refractivity contribution >= 4 is 45.1 Å². The average molecular weight is 475 g/mol. The van der Waals surface area contributed by atoms with Gasteiger partial charge in [0.25, 0.3) is 5.91 Å². The summed E-state index contributed by atoms with van der Waals surface area (Å²) in [5.41, 5.74) is 7.54. The van der Waals surface area contributed by atoms with Crippen LogP contribution in [0, 0.1) is 5.82 Å².